The highest BCUT2D eigenvalue weighted by Gasteiger charge is 2.24. The lowest BCUT2D eigenvalue weighted by Gasteiger charge is -2.22. The number of nitrogens with zero attached hydrogens (tertiary/aromatic N) is 3. The molecule has 0 fully saturated rings. The first-order valence-electron chi connectivity index (χ1n) is 9.15. The predicted molar refractivity (Wildman–Crippen MR) is 115 cm³/mol. The lowest BCUT2D eigenvalue weighted by atomic mass is 10.1. The van der Waals surface area contributed by atoms with Gasteiger partial charge in [-0.25, -0.2) is 8.42 Å². The van der Waals surface area contributed by atoms with Gasteiger partial charge in [0.2, 0.25) is 10.0 Å². The zero-order valence-corrected chi connectivity index (χ0v) is 17.8. The van der Waals surface area contributed by atoms with Crippen molar-refractivity contribution in [3.05, 3.63) is 60.3 Å². The van der Waals surface area contributed by atoms with E-state index < -0.39 is 10.0 Å². The molecular weight excluding hydrogens is 396 g/mol. The van der Waals surface area contributed by atoms with Crippen LogP contribution in [0, 0.1) is 0 Å². The van der Waals surface area contributed by atoms with Gasteiger partial charge in [0.25, 0.3) is 0 Å². The van der Waals surface area contributed by atoms with Gasteiger partial charge in [-0.2, -0.15) is 9.40 Å². The van der Waals surface area contributed by atoms with Crippen molar-refractivity contribution in [3.63, 3.8) is 0 Å². The van der Waals surface area contributed by atoms with E-state index >= 15 is 0 Å². The van der Waals surface area contributed by atoms with Gasteiger partial charge in [0, 0.05) is 31.1 Å². The minimum atomic E-state index is -3.62. The van der Waals surface area contributed by atoms with Crippen LogP contribution in [0.2, 0.25) is 0 Å². The Morgan fingerprint density at radius 1 is 1.11 bits per heavy atom. The van der Waals surface area contributed by atoms with Crippen LogP contribution in [0.3, 0.4) is 0 Å². The molecule has 2 N–H and O–H groups in total. The summed E-state index contributed by atoms with van der Waals surface area (Å²) in [5, 5.41) is 5.18. The van der Waals surface area contributed by atoms with Gasteiger partial charge in [-0.05, 0) is 44.0 Å². The van der Waals surface area contributed by atoms with Crippen molar-refractivity contribution in [1.82, 2.24) is 14.1 Å². The molecule has 0 bridgehead atoms. The standard InChI is InChI=1S/C20H26N4O2S.ClH/c1-16(2)24-20-9-8-19(14-18(20)15-22-24)27(25,26)23(13-11-21)12-10-17-6-4-3-5-7-17;/h3-9,14-16H,10-13,21H2,1-2H3;1H. The minimum absolute atomic E-state index is 0. The summed E-state index contributed by atoms with van der Waals surface area (Å²) in [6.45, 7) is 5.06. The molecule has 3 aromatic rings. The van der Waals surface area contributed by atoms with Crippen LogP contribution < -0.4 is 5.73 Å². The molecule has 0 spiro atoms. The summed E-state index contributed by atoms with van der Waals surface area (Å²) in [6, 6.07) is 15.3. The summed E-state index contributed by atoms with van der Waals surface area (Å²) in [4.78, 5) is 0.278. The van der Waals surface area contributed by atoms with E-state index in [1.165, 1.54) is 4.31 Å². The average Bonchev–Trinajstić information content (AvgIpc) is 3.09. The van der Waals surface area contributed by atoms with Crippen LogP contribution in [0.4, 0.5) is 0 Å². The molecule has 0 atom stereocenters. The fourth-order valence-electron chi connectivity index (χ4n) is 3.15. The van der Waals surface area contributed by atoms with E-state index in [4.69, 9.17) is 5.73 Å². The molecule has 0 saturated heterocycles. The molecule has 152 valence electrons. The lowest BCUT2D eigenvalue weighted by molar-refractivity contribution is 0.422. The van der Waals surface area contributed by atoms with Crippen LogP contribution in [-0.2, 0) is 16.4 Å². The molecule has 0 aliphatic heterocycles. The van der Waals surface area contributed by atoms with Gasteiger partial charge in [-0.3, -0.25) is 4.68 Å². The lowest BCUT2D eigenvalue weighted by Crippen LogP contribution is -2.36. The zero-order chi connectivity index (χ0) is 19.4. The number of hydrogen-bond acceptors (Lipinski definition) is 4. The Labute approximate surface area is 172 Å². The Kier molecular flexibility index (Phi) is 7.60. The van der Waals surface area contributed by atoms with Crippen LogP contribution in [-0.4, -0.2) is 42.1 Å². The quantitative estimate of drug-likeness (QED) is 0.604. The second-order valence-electron chi connectivity index (χ2n) is 6.83. The maximum atomic E-state index is 13.2. The van der Waals surface area contributed by atoms with E-state index in [0.29, 0.717) is 19.5 Å². The highest BCUT2D eigenvalue weighted by molar-refractivity contribution is 7.89. The number of aromatic nitrogens is 2. The largest absolute Gasteiger partial charge is 0.329 e. The molecule has 0 aliphatic carbocycles. The van der Waals surface area contributed by atoms with E-state index in [9.17, 15) is 8.42 Å². The van der Waals surface area contributed by atoms with Gasteiger partial charge < -0.3 is 5.73 Å². The van der Waals surface area contributed by atoms with Crippen molar-refractivity contribution < 1.29 is 8.42 Å². The molecule has 0 radical (unpaired) electrons. The summed E-state index contributed by atoms with van der Waals surface area (Å²) >= 11 is 0. The van der Waals surface area contributed by atoms with Gasteiger partial charge in [0.15, 0.2) is 0 Å². The van der Waals surface area contributed by atoms with Crippen molar-refractivity contribution in [2.75, 3.05) is 19.6 Å². The van der Waals surface area contributed by atoms with Gasteiger partial charge in [0.05, 0.1) is 16.6 Å². The molecule has 0 amide bonds. The number of sulfonamides is 1. The Hall–Kier alpha value is -1.93. The molecule has 3 rings (SSSR count). The summed E-state index contributed by atoms with van der Waals surface area (Å²) in [5.41, 5.74) is 7.71. The molecule has 6 nitrogen and oxygen atoms in total. The van der Waals surface area contributed by atoms with Crippen molar-refractivity contribution in [1.29, 1.82) is 0 Å². The molecule has 0 aliphatic rings. The number of fused-ring (bicyclic) bond motifs is 1. The molecule has 1 heterocycles. The molecule has 2 aromatic carbocycles. The maximum absolute atomic E-state index is 13.2. The second kappa shape index (κ2) is 9.52. The smallest absolute Gasteiger partial charge is 0.243 e. The average molecular weight is 423 g/mol. The normalized spacial score (nSPS) is 11.9. The van der Waals surface area contributed by atoms with Crippen LogP contribution >= 0.6 is 12.4 Å². The Morgan fingerprint density at radius 3 is 2.46 bits per heavy atom. The SMILES string of the molecule is CC(C)n1ncc2cc(S(=O)(=O)N(CCN)CCc3ccccc3)ccc21.Cl. The van der Waals surface area contributed by atoms with E-state index in [1.54, 1.807) is 18.3 Å². The molecule has 1 aromatic heterocycles. The highest BCUT2D eigenvalue weighted by Crippen LogP contribution is 2.24. The topological polar surface area (TPSA) is 81.2 Å². The summed E-state index contributed by atoms with van der Waals surface area (Å²) < 4.78 is 29.7. The van der Waals surface area contributed by atoms with Crippen LogP contribution in [0.1, 0.15) is 25.5 Å². The number of nitrogens with two attached hydrogens (primary N) is 1. The van der Waals surface area contributed by atoms with Gasteiger partial charge in [-0.15, -0.1) is 12.4 Å². The third-order valence-corrected chi connectivity index (χ3v) is 6.46. The number of halogens is 1. The van der Waals surface area contributed by atoms with Gasteiger partial charge >= 0.3 is 0 Å². The first-order chi connectivity index (χ1) is 12.9. The molecule has 8 heteroatoms. The van der Waals surface area contributed by atoms with Crippen LogP contribution in [0.25, 0.3) is 10.9 Å². The fourth-order valence-corrected chi connectivity index (χ4v) is 4.64. The molecule has 0 unspecified atom stereocenters. The monoisotopic (exact) mass is 422 g/mol. The number of rotatable bonds is 8. The minimum Gasteiger partial charge on any atom is -0.329 e. The third kappa shape index (κ3) is 4.72. The van der Waals surface area contributed by atoms with Crippen molar-refractivity contribution in [2.24, 2.45) is 5.73 Å². The summed E-state index contributed by atoms with van der Waals surface area (Å²) in [7, 11) is -3.62. The van der Waals surface area contributed by atoms with Crippen LogP contribution in [0.5, 0.6) is 0 Å². The van der Waals surface area contributed by atoms with E-state index in [0.717, 1.165) is 16.5 Å². The first kappa shape index (κ1) is 22.4. The molecule has 28 heavy (non-hydrogen) atoms. The summed E-state index contributed by atoms with van der Waals surface area (Å²) in [6.07, 6.45) is 2.36. The fraction of sp³-hybridized carbons (Fsp3) is 0.350. The number of benzene rings is 2. The first-order valence-corrected chi connectivity index (χ1v) is 10.6. The van der Waals surface area contributed by atoms with E-state index in [-0.39, 0.29) is 29.9 Å². The van der Waals surface area contributed by atoms with E-state index in [1.807, 2.05) is 54.9 Å². The molecule has 0 saturated carbocycles. The molecular formula is C20H27ClN4O2S. The van der Waals surface area contributed by atoms with Gasteiger partial charge in [0.1, 0.15) is 0 Å². The van der Waals surface area contributed by atoms with Crippen molar-refractivity contribution in [2.45, 2.75) is 31.2 Å². The highest BCUT2D eigenvalue weighted by atomic mass is 35.5. The Morgan fingerprint density at radius 2 is 1.82 bits per heavy atom. The Bertz CT molecular complexity index is 1000. The number of hydrogen-bond donors (Lipinski definition) is 1. The Balaban J connectivity index is 0.00000280. The summed E-state index contributed by atoms with van der Waals surface area (Å²) in [5.74, 6) is 0. The predicted octanol–water partition coefficient (Wildman–Crippen LogP) is 3.23. The van der Waals surface area contributed by atoms with Crippen LogP contribution in [0.15, 0.2) is 59.6 Å². The van der Waals surface area contributed by atoms with Crippen molar-refractivity contribution >= 4 is 33.3 Å². The zero-order valence-electron chi connectivity index (χ0n) is 16.2. The van der Waals surface area contributed by atoms with Crippen molar-refractivity contribution in [3.8, 4) is 0 Å². The van der Waals surface area contributed by atoms with E-state index in [2.05, 4.69) is 5.10 Å². The third-order valence-electron chi connectivity index (χ3n) is 4.57. The maximum Gasteiger partial charge on any atom is 0.243 e. The van der Waals surface area contributed by atoms with Gasteiger partial charge in [-0.1, -0.05) is 30.3 Å². The second-order valence-corrected chi connectivity index (χ2v) is 8.77.